The van der Waals surface area contributed by atoms with Crippen LogP contribution in [0, 0.1) is 23.2 Å². The number of primary amides is 1. The fourth-order valence-electron chi connectivity index (χ4n) is 4.86. The number of nitrogens with two attached hydrogens (primary N) is 1. The normalized spacial score (nSPS) is 36.5. The Labute approximate surface area is 128 Å². The zero-order valence-electron chi connectivity index (χ0n) is 12.2. The number of amides is 3. The van der Waals surface area contributed by atoms with Crippen molar-refractivity contribution in [1.82, 2.24) is 0 Å². The Kier molecular flexibility index (Phi) is 2.71. The highest BCUT2D eigenvalue weighted by atomic mass is 16.2. The smallest absolute Gasteiger partial charge is 0.240 e. The standard InChI is InChI=1S/C17H18N2O3/c18-14(20)12-10-6-8-17(9-7-10)13(12)15(21)19(16(17)22)11-4-2-1-3-5-11/h1-5,10,12-13H,6-9H2,(H2,18,20)/t10?,12-,13-,17?/m1/s1. The van der Waals surface area contributed by atoms with Gasteiger partial charge in [-0.05, 0) is 43.7 Å². The van der Waals surface area contributed by atoms with Gasteiger partial charge in [0.05, 0.1) is 22.9 Å². The minimum Gasteiger partial charge on any atom is -0.369 e. The van der Waals surface area contributed by atoms with E-state index in [2.05, 4.69) is 0 Å². The van der Waals surface area contributed by atoms with Gasteiger partial charge < -0.3 is 5.73 Å². The van der Waals surface area contributed by atoms with Gasteiger partial charge in [-0.3, -0.25) is 14.4 Å². The lowest BCUT2D eigenvalue weighted by atomic mass is 9.51. The summed E-state index contributed by atoms with van der Waals surface area (Å²) >= 11 is 0. The fourth-order valence-corrected chi connectivity index (χ4v) is 4.86. The van der Waals surface area contributed by atoms with Crippen molar-refractivity contribution in [3.05, 3.63) is 30.3 Å². The van der Waals surface area contributed by atoms with E-state index in [4.69, 9.17) is 5.73 Å². The number of hydrogen-bond acceptors (Lipinski definition) is 3. The third-order valence-corrected chi connectivity index (χ3v) is 5.84. The van der Waals surface area contributed by atoms with Gasteiger partial charge in [0, 0.05) is 0 Å². The van der Waals surface area contributed by atoms with Crippen molar-refractivity contribution >= 4 is 23.4 Å². The van der Waals surface area contributed by atoms with E-state index in [1.54, 1.807) is 24.3 Å². The molecule has 2 N–H and O–H groups in total. The molecule has 1 heterocycles. The van der Waals surface area contributed by atoms with Crippen molar-refractivity contribution in [2.75, 3.05) is 4.90 Å². The van der Waals surface area contributed by atoms with Crippen LogP contribution in [0.3, 0.4) is 0 Å². The Morgan fingerprint density at radius 2 is 1.77 bits per heavy atom. The molecule has 22 heavy (non-hydrogen) atoms. The van der Waals surface area contributed by atoms with Crippen molar-refractivity contribution in [2.24, 2.45) is 28.9 Å². The average molecular weight is 298 g/mol. The SMILES string of the molecule is NC(=O)[C@@H]1C2CCC3(CC2)C(=O)N(c2ccccc2)C(=O)[C@@H]13. The molecule has 5 nitrogen and oxygen atoms in total. The highest BCUT2D eigenvalue weighted by molar-refractivity contribution is 6.24. The predicted molar refractivity (Wildman–Crippen MR) is 79.5 cm³/mol. The van der Waals surface area contributed by atoms with E-state index in [-0.39, 0.29) is 17.7 Å². The molecule has 1 saturated heterocycles. The number of fused-ring (bicyclic) bond motifs is 2. The summed E-state index contributed by atoms with van der Waals surface area (Å²) in [7, 11) is 0. The number of carbonyl (C=O) groups excluding carboxylic acids is 3. The first-order chi connectivity index (χ1) is 10.6. The number of nitrogens with zero attached hydrogens (tertiary/aromatic N) is 1. The molecule has 5 heteroatoms. The van der Waals surface area contributed by atoms with Crippen LogP contribution in [0.4, 0.5) is 5.69 Å². The molecule has 3 aliphatic carbocycles. The molecular weight excluding hydrogens is 280 g/mol. The van der Waals surface area contributed by atoms with E-state index in [0.717, 1.165) is 12.8 Å². The number of hydrogen-bond donors (Lipinski definition) is 1. The van der Waals surface area contributed by atoms with Crippen LogP contribution in [0.5, 0.6) is 0 Å². The molecule has 4 fully saturated rings. The maximum Gasteiger partial charge on any atom is 0.240 e. The molecule has 0 aromatic heterocycles. The Morgan fingerprint density at radius 1 is 1.14 bits per heavy atom. The summed E-state index contributed by atoms with van der Waals surface area (Å²) < 4.78 is 0. The highest BCUT2D eigenvalue weighted by Crippen LogP contribution is 2.61. The quantitative estimate of drug-likeness (QED) is 0.839. The molecule has 2 bridgehead atoms. The third kappa shape index (κ3) is 1.51. The van der Waals surface area contributed by atoms with Gasteiger partial charge in [-0.2, -0.15) is 0 Å². The predicted octanol–water partition coefficient (Wildman–Crippen LogP) is 1.47. The second-order valence-electron chi connectivity index (χ2n) is 6.71. The number of imide groups is 1. The molecule has 1 aromatic carbocycles. The monoisotopic (exact) mass is 298 g/mol. The third-order valence-electron chi connectivity index (χ3n) is 5.84. The summed E-state index contributed by atoms with van der Waals surface area (Å²) in [4.78, 5) is 39.2. The molecule has 1 spiro atoms. The van der Waals surface area contributed by atoms with Crippen LogP contribution in [-0.4, -0.2) is 17.7 Å². The zero-order valence-corrected chi connectivity index (χ0v) is 12.2. The first-order valence-electron chi connectivity index (χ1n) is 7.79. The van der Waals surface area contributed by atoms with E-state index >= 15 is 0 Å². The van der Waals surface area contributed by atoms with E-state index in [1.165, 1.54) is 4.90 Å². The van der Waals surface area contributed by atoms with E-state index in [1.807, 2.05) is 6.07 Å². The van der Waals surface area contributed by atoms with E-state index in [0.29, 0.717) is 18.5 Å². The number of benzene rings is 1. The van der Waals surface area contributed by atoms with Crippen molar-refractivity contribution in [3.8, 4) is 0 Å². The lowest BCUT2D eigenvalue weighted by Crippen LogP contribution is -2.54. The number of rotatable bonds is 2. The van der Waals surface area contributed by atoms with E-state index < -0.39 is 23.2 Å². The fraction of sp³-hybridized carbons (Fsp3) is 0.471. The molecule has 2 atom stereocenters. The summed E-state index contributed by atoms with van der Waals surface area (Å²) in [6.07, 6.45) is 3.01. The van der Waals surface area contributed by atoms with Crippen LogP contribution in [0.15, 0.2) is 30.3 Å². The number of para-hydroxylation sites is 1. The van der Waals surface area contributed by atoms with Gasteiger partial charge in [-0.1, -0.05) is 18.2 Å². The molecule has 1 aliphatic heterocycles. The van der Waals surface area contributed by atoms with Crippen molar-refractivity contribution in [1.29, 1.82) is 0 Å². The van der Waals surface area contributed by atoms with Crippen molar-refractivity contribution < 1.29 is 14.4 Å². The topological polar surface area (TPSA) is 80.5 Å². The highest BCUT2D eigenvalue weighted by Gasteiger charge is 2.68. The minimum absolute atomic E-state index is 0.141. The molecule has 5 rings (SSSR count). The molecule has 0 unspecified atom stereocenters. The largest absolute Gasteiger partial charge is 0.369 e. The Hall–Kier alpha value is -2.17. The second-order valence-corrected chi connectivity index (χ2v) is 6.71. The summed E-state index contributed by atoms with van der Waals surface area (Å²) in [5.41, 5.74) is 5.46. The summed E-state index contributed by atoms with van der Waals surface area (Å²) in [5, 5.41) is 0. The van der Waals surface area contributed by atoms with Crippen molar-refractivity contribution in [2.45, 2.75) is 25.7 Å². The maximum absolute atomic E-state index is 13.0. The van der Waals surface area contributed by atoms with Crippen LogP contribution in [-0.2, 0) is 14.4 Å². The number of carbonyl (C=O) groups is 3. The number of anilines is 1. The second kappa shape index (κ2) is 4.41. The van der Waals surface area contributed by atoms with Crippen LogP contribution < -0.4 is 10.6 Å². The van der Waals surface area contributed by atoms with Gasteiger partial charge in [-0.15, -0.1) is 0 Å². The van der Waals surface area contributed by atoms with Crippen molar-refractivity contribution in [3.63, 3.8) is 0 Å². The van der Waals surface area contributed by atoms with Gasteiger partial charge in [-0.25, -0.2) is 4.90 Å². The molecule has 4 aliphatic rings. The van der Waals surface area contributed by atoms with Crippen LogP contribution in [0.1, 0.15) is 25.7 Å². The van der Waals surface area contributed by atoms with Gasteiger partial charge in [0.25, 0.3) is 0 Å². The molecule has 3 amide bonds. The first-order valence-corrected chi connectivity index (χ1v) is 7.79. The molecular formula is C17H18N2O3. The van der Waals surface area contributed by atoms with Gasteiger partial charge >= 0.3 is 0 Å². The molecule has 0 radical (unpaired) electrons. The Balaban J connectivity index is 1.83. The summed E-state index contributed by atoms with van der Waals surface area (Å²) in [5.74, 6) is -1.73. The van der Waals surface area contributed by atoms with Gasteiger partial charge in [0.1, 0.15) is 0 Å². The first kappa shape index (κ1) is 13.5. The van der Waals surface area contributed by atoms with Crippen LogP contribution >= 0.6 is 0 Å². The summed E-state index contributed by atoms with van der Waals surface area (Å²) in [6.45, 7) is 0. The van der Waals surface area contributed by atoms with Gasteiger partial charge in [0.15, 0.2) is 0 Å². The summed E-state index contributed by atoms with van der Waals surface area (Å²) in [6, 6.07) is 8.97. The average Bonchev–Trinajstić information content (AvgIpc) is 2.77. The molecule has 3 saturated carbocycles. The van der Waals surface area contributed by atoms with E-state index in [9.17, 15) is 14.4 Å². The lowest BCUT2D eigenvalue weighted by molar-refractivity contribution is -0.150. The minimum atomic E-state index is -0.707. The maximum atomic E-state index is 13.0. The lowest BCUT2D eigenvalue weighted by Gasteiger charge is -2.49. The zero-order chi connectivity index (χ0) is 15.5. The molecule has 1 aromatic rings. The molecule has 114 valence electrons. The Morgan fingerprint density at radius 3 is 2.36 bits per heavy atom. The van der Waals surface area contributed by atoms with Crippen LogP contribution in [0.2, 0.25) is 0 Å². The van der Waals surface area contributed by atoms with Crippen LogP contribution in [0.25, 0.3) is 0 Å². The van der Waals surface area contributed by atoms with Gasteiger partial charge in [0.2, 0.25) is 17.7 Å². The Bertz CT molecular complexity index is 662.